The number of carbonyl (C=O) groups excluding carboxylic acids is 2. The lowest BCUT2D eigenvalue weighted by Gasteiger charge is -2.31. The summed E-state index contributed by atoms with van der Waals surface area (Å²) in [4.78, 5) is 30.8. The molecule has 2 amide bonds. The second-order valence-electron chi connectivity index (χ2n) is 10.2. The molecule has 3 aromatic rings. The van der Waals surface area contributed by atoms with E-state index < -0.39 is 18.2 Å². The molecule has 1 unspecified atom stereocenters. The molecule has 3 heterocycles. The van der Waals surface area contributed by atoms with E-state index in [0.29, 0.717) is 10.8 Å². The number of amides is 2. The molecule has 37 heavy (non-hydrogen) atoms. The predicted molar refractivity (Wildman–Crippen MR) is 145 cm³/mol. The Hall–Kier alpha value is -3.24. The summed E-state index contributed by atoms with van der Waals surface area (Å²) < 4.78 is 7.00. The first-order chi connectivity index (χ1) is 17.4. The molecule has 2 atom stereocenters. The maximum Gasteiger partial charge on any atom is 0.404 e. The zero-order valence-corrected chi connectivity index (χ0v) is 23.3. The lowest BCUT2D eigenvalue weighted by atomic mass is 9.87. The monoisotopic (exact) mass is 542 g/mol. The Morgan fingerprint density at radius 2 is 1.86 bits per heavy atom. The van der Waals surface area contributed by atoms with Gasteiger partial charge in [-0.2, -0.15) is 0 Å². The third-order valence-electron chi connectivity index (χ3n) is 6.51. The van der Waals surface area contributed by atoms with E-state index in [4.69, 9.17) is 27.1 Å². The van der Waals surface area contributed by atoms with Crippen molar-refractivity contribution in [1.29, 1.82) is 0 Å². The molecular formula is C26H31ClN6O3S. The van der Waals surface area contributed by atoms with Crippen LogP contribution in [0.5, 0.6) is 0 Å². The Labute approximate surface area is 225 Å². The molecule has 0 radical (unpaired) electrons. The Bertz CT molecular complexity index is 1370. The molecule has 0 saturated heterocycles. The van der Waals surface area contributed by atoms with Crippen molar-refractivity contribution >= 4 is 40.6 Å². The van der Waals surface area contributed by atoms with Crippen LogP contribution in [0.25, 0.3) is 5.00 Å². The highest BCUT2D eigenvalue weighted by Gasteiger charge is 2.34. The summed E-state index contributed by atoms with van der Waals surface area (Å²) in [6.07, 6.45) is -0.851. The number of aliphatic imine (C=N–C) groups is 1. The van der Waals surface area contributed by atoms with Gasteiger partial charge in [0.2, 0.25) is 5.91 Å². The van der Waals surface area contributed by atoms with Crippen molar-refractivity contribution in [3.05, 3.63) is 62.5 Å². The number of halogens is 1. The highest BCUT2D eigenvalue weighted by molar-refractivity contribution is 7.15. The van der Waals surface area contributed by atoms with Crippen molar-refractivity contribution in [2.75, 3.05) is 6.61 Å². The molecule has 0 bridgehead atoms. The van der Waals surface area contributed by atoms with Gasteiger partial charge in [0.05, 0.1) is 18.2 Å². The van der Waals surface area contributed by atoms with E-state index in [0.717, 1.165) is 33.2 Å². The normalized spacial score (nSPS) is 15.8. The van der Waals surface area contributed by atoms with E-state index in [9.17, 15) is 9.59 Å². The highest BCUT2D eigenvalue weighted by atomic mass is 35.5. The molecule has 0 aliphatic carbocycles. The van der Waals surface area contributed by atoms with Crippen LogP contribution < -0.4 is 11.1 Å². The van der Waals surface area contributed by atoms with E-state index in [1.165, 1.54) is 4.88 Å². The van der Waals surface area contributed by atoms with E-state index >= 15 is 0 Å². The number of nitrogens with two attached hydrogens (primary N) is 1. The van der Waals surface area contributed by atoms with Gasteiger partial charge in [-0.1, -0.05) is 44.5 Å². The maximum absolute atomic E-state index is 13.3. The van der Waals surface area contributed by atoms with Crippen molar-refractivity contribution < 1.29 is 14.3 Å². The van der Waals surface area contributed by atoms with E-state index in [1.54, 1.807) is 11.3 Å². The fourth-order valence-corrected chi connectivity index (χ4v) is 5.57. The molecule has 11 heteroatoms. The highest BCUT2D eigenvalue weighted by Crippen LogP contribution is 2.39. The second-order valence-corrected chi connectivity index (χ2v) is 11.9. The van der Waals surface area contributed by atoms with Crippen LogP contribution in [0.1, 0.15) is 66.5 Å². The van der Waals surface area contributed by atoms with E-state index in [1.807, 2.05) is 56.5 Å². The minimum atomic E-state index is -0.884. The molecule has 0 saturated carbocycles. The average molecular weight is 543 g/mol. The summed E-state index contributed by atoms with van der Waals surface area (Å²) in [5.74, 6) is 1.07. The quantitative estimate of drug-likeness (QED) is 0.462. The number of rotatable bonds is 6. The number of hydrogen-bond acceptors (Lipinski definition) is 7. The van der Waals surface area contributed by atoms with Crippen LogP contribution in [-0.2, 0) is 9.53 Å². The number of fused-ring (bicyclic) bond motifs is 3. The second kappa shape index (κ2) is 10.3. The van der Waals surface area contributed by atoms with Gasteiger partial charge in [-0.05, 0) is 43.9 Å². The smallest absolute Gasteiger partial charge is 0.404 e. The summed E-state index contributed by atoms with van der Waals surface area (Å²) in [7, 11) is 0. The molecule has 0 spiro atoms. The van der Waals surface area contributed by atoms with Gasteiger partial charge in [-0.25, -0.2) is 4.79 Å². The molecular weight excluding hydrogens is 512 g/mol. The molecule has 4 rings (SSSR count). The van der Waals surface area contributed by atoms with Gasteiger partial charge in [0.15, 0.2) is 5.82 Å². The van der Waals surface area contributed by atoms with Crippen LogP contribution in [0, 0.1) is 26.2 Å². The standard InChI is InChI=1S/C26H31ClN6O3S/c1-13-14(2)37-24-21(13)22(16-7-9-17(27)10-8-16)29-18(23-32-31-15(3)33(23)24)11-20(34)30-19(26(4,5)6)12-36-25(28)35/h7-10,18-19H,11-12H2,1-6H3,(H2,28,35)(H,30,34)/t18?,19-/m1/s1. The van der Waals surface area contributed by atoms with E-state index in [2.05, 4.69) is 29.4 Å². The number of nitrogens with zero attached hydrogens (tertiary/aromatic N) is 4. The molecule has 2 aromatic heterocycles. The number of aromatic nitrogens is 3. The zero-order valence-electron chi connectivity index (χ0n) is 21.8. The molecule has 1 aliphatic heterocycles. The van der Waals surface area contributed by atoms with Crippen LogP contribution in [0.3, 0.4) is 0 Å². The Morgan fingerprint density at radius 1 is 1.19 bits per heavy atom. The van der Waals surface area contributed by atoms with Crippen molar-refractivity contribution in [3.8, 4) is 5.00 Å². The SMILES string of the molecule is Cc1sc2c(c1C)C(c1ccc(Cl)cc1)=NC(CC(=O)N[C@H](COC(N)=O)C(C)(C)C)c1nnc(C)n1-2. The lowest BCUT2D eigenvalue weighted by Crippen LogP contribution is -2.47. The third kappa shape index (κ3) is 5.55. The largest absolute Gasteiger partial charge is 0.448 e. The number of carbonyl (C=O) groups is 2. The minimum absolute atomic E-state index is 0.0282. The first kappa shape index (κ1) is 26.8. The number of hydrogen-bond donors (Lipinski definition) is 2. The van der Waals surface area contributed by atoms with Crippen molar-refractivity contribution in [2.45, 2.75) is 60.0 Å². The van der Waals surface area contributed by atoms with Gasteiger partial charge in [0, 0.05) is 21.0 Å². The van der Waals surface area contributed by atoms with E-state index in [-0.39, 0.29) is 24.3 Å². The molecule has 0 fully saturated rings. The van der Waals surface area contributed by atoms with Gasteiger partial charge in [-0.3, -0.25) is 14.4 Å². The van der Waals surface area contributed by atoms with Crippen LogP contribution in [-0.4, -0.2) is 45.1 Å². The summed E-state index contributed by atoms with van der Waals surface area (Å²) in [6.45, 7) is 11.9. The van der Waals surface area contributed by atoms with Gasteiger partial charge < -0.3 is 15.8 Å². The van der Waals surface area contributed by atoms with Crippen molar-refractivity contribution in [2.24, 2.45) is 16.1 Å². The number of primary amides is 1. The summed E-state index contributed by atoms with van der Waals surface area (Å²) in [5, 5.41) is 13.4. The molecule has 1 aliphatic rings. The summed E-state index contributed by atoms with van der Waals surface area (Å²) in [6, 6.07) is 6.50. The van der Waals surface area contributed by atoms with Gasteiger partial charge in [0.1, 0.15) is 23.5 Å². The number of benzene rings is 1. The average Bonchev–Trinajstić information content (AvgIpc) is 3.28. The number of aryl methyl sites for hydroxylation is 2. The summed E-state index contributed by atoms with van der Waals surface area (Å²) >= 11 is 7.82. The number of thiophene rings is 1. The van der Waals surface area contributed by atoms with Crippen LogP contribution >= 0.6 is 22.9 Å². The summed E-state index contributed by atoms with van der Waals surface area (Å²) in [5.41, 5.74) is 8.58. The fourth-order valence-electron chi connectivity index (χ4n) is 4.24. The minimum Gasteiger partial charge on any atom is -0.448 e. The van der Waals surface area contributed by atoms with Gasteiger partial charge in [0.25, 0.3) is 0 Å². The Morgan fingerprint density at radius 3 is 2.49 bits per heavy atom. The molecule has 9 nitrogen and oxygen atoms in total. The predicted octanol–water partition coefficient (Wildman–Crippen LogP) is 4.82. The lowest BCUT2D eigenvalue weighted by molar-refractivity contribution is -0.123. The van der Waals surface area contributed by atoms with Crippen molar-refractivity contribution in [3.63, 3.8) is 0 Å². The van der Waals surface area contributed by atoms with Gasteiger partial charge in [-0.15, -0.1) is 21.5 Å². The first-order valence-electron chi connectivity index (χ1n) is 11.9. The maximum atomic E-state index is 13.3. The van der Waals surface area contributed by atoms with Gasteiger partial charge >= 0.3 is 6.09 Å². The topological polar surface area (TPSA) is 124 Å². The van der Waals surface area contributed by atoms with Crippen LogP contribution in [0.4, 0.5) is 4.79 Å². The van der Waals surface area contributed by atoms with Crippen LogP contribution in [0.15, 0.2) is 29.3 Å². The zero-order chi connectivity index (χ0) is 27.1. The molecule has 196 valence electrons. The van der Waals surface area contributed by atoms with Crippen LogP contribution in [0.2, 0.25) is 5.02 Å². The number of nitrogens with one attached hydrogen (secondary N) is 1. The Kier molecular flexibility index (Phi) is 7.43. The fraction of sp³-hybridized carbons (Fsp3) is 0.423. The third-order valence-corrected chi connectivity index (χ3v) is 7.95. The number of ether oxygens (including phenoxy) is 1. The van der Waals surface area contributed by atoms with Crippen molar-refractivity contribution in [1.82, 2.24) is 20.1 Å². The molecule has 1 aromatic carbocycles. The molecule has 3 N–H and O–H groups in total. The first-order valence-corrected chi connectivity index (χ1v) is 13.1. The Balaban J connectivity index is 1.76.